The molecule has 0 unspecified atom stereocenters. The Labute approximate surface area is 154 Å². The minimum absolute atomic E-state index is 0.0545. The summed E-state index contributed by atoms with van der Waals surface area (Å²) in [6.45, 7) is 2.85. The third-order valence-corrected chi connectivity index (χ3v) is 4.95. The fraction of sp³-hybridized carbons (Fsp3) is 0.474. The molecule has 0 spiro atoms. The first-order valence-corrected chi connectivity index (χ1v) is 9.08. The number of aromatic nitrogens is 1. The van der Waals surface area contributed by atoms with Crippen LogP contribution in [0.15, 0.2) is 28.7 Å². The number of hydrogen-bond acceptors (Lipinski definition) is 4. The van der Waals surface area contributed by atoms with Crippen molar-refractivity contribution < 1.29 is 22.4 Å². The highest BCUT2D eigenvalue weighted by molar-refractivity contribution is 6.01. The van der Waals surface area contributed by atoms with Gasteiger partial charge in [-0.2, -0.15) is 13.2 Å². The molecule has 5 nitrogen and oxygen atoms in total. The summed E-state index contributed by atoms with van der Waals surface area (Å²) >= 11 is 0. The zero-order chi connectivity index (χ0) is 19.0. The number of carbonyl (C=O) groups excluding carboxylic acids is 1. The number of benzene rings is 1. The fourth-order valence-electron chi connectivity index (χ4n) is 3.31. The van der Waals surface area contributed by atoms with Gasteiger partial charge in [0.25, 0.3) is 5.89 Å². The molecule has 1 N–H and O–H groups in total. The van der Waals surface area contributed by atoms with Crippen LogP contribution in [0.5, 0.6) is 0 Å². The van der Waals surface area contributed by atoms with E-state index >= 15 is 0 Å². The highest BCUT2D eigenvalue weighted by atomic mass is 19.4. The second-order valence-corrected chi connectivity index (χ2v) is 7.17. The van der Waals surface area contributed by atoms with Gasteiger partial charge in [0.1, 0.15) is 5.76 Å². The van der Waals surface area contributed by atoms with Crippen molar-refractivity contribution >= 4 is 11.6 Å². The molecule has 1 aliphatic carbocycles. The Morgan fingerprint density at radius 3 is 2.78 bits per heavy atom. The number of nitrogens with zero attached hydrogens (tertiary/aromatic N) is 2. The molecular weight excluding hydrogens is 359 g/mol. The molecule has 2 aromatic rings. The normalized spacial score (nSPS) is 18.0. The van der Waals surface area contributed by atoms with Gasteiger partial charge in [-0.1, -0.05) is 6.07 Å². The van der Waals surface area contributed by atoms with Gasteiger partial charge in [0.15, 0.2) is 0 Å². The molecule has 0 radical (unpaired) electrons. The maximum atomic E-state index is 12.8. The molecule has 8 heteroatoms. The Kier molecular flexibility index (Phi) is 4.67. The van der Waals surface area contributed by atoms with Gasteiger partial charge in [0, 0.05) is 38.2 Å². The number of oxazole rings is 1. The second kappa shape index (κ2) is 6.99. The van der Waals surface area contributed by atoms with Crippen LogP contribution >= 0.6 is 0 Å². The summed E-state index contributed by atoms with van der Waals surface area (Å²) in [4.78, 5) is 19.0. The Morgan fingerprint density at radius 1 is 1.26 bits per heavy atom. The number of amides is 1. The van der Waals surface area contributed by atoms with Crippen LogP contribution in [0.25, 0.3) is 0 Å². The Bertz CT molecular complexity index is 817. The maximum absolute atomic E-state index is 12.8. The molecule has 1 aliphatic heterocycles. The summed E-state index contributed by atoms with van der Waals surface area (Å²) in [7, 11) is 0. The summed E-state index contributed by atoms with van der Waals surface area (Å²) in [5.41, 5.74) is 0.000516. The van der Waals surface area contributed by atoms with E-state index < -0.39 is 17.6 Å². The lowest BCUT2D eigenvalue weighted by Crippen LogP contribution is -2.28. The Balaban J connectivity index is 1.42. The van der Waals surface area contributed by atoms with Gasteiger partial charge in [-0.15, -0.1) is 0 Å². The number of anilines is 1. The molecule has 1 aromatic heterocycles. The molecule has 1 fully saturated rings. The third kappa shape index (κ3) is 4.32. The average Bonchev–Trinajstić information content (AvgIpc) is 3.38. The van der Waals surface area contributed by atoms with Crippen LogP contribution < -0.4 is 5.32 Å². The molecule has 1 amide bonds. The molecule has 2 heterocycles. The van der Waals surface area contributed by atoms with Crippen molar-refractivity contribution in [3.05, 3.63) is 47.2 Å². The van der Waals surface area contributed by atoms with Gasteiger partial charge >= 0.3 is 12.1 Å². The highest BCUT2D eigenvalue weighted by Gasteiger charge is 2.31. The van der Waals surface area contributed by atoms with E-state index in [1.807, 2.05) is 0 Å². The number of rotatable bonds is 4. The van der Waals surface area contributed by atoms with Crippen LogP contribution in [0.1, 0.15) is 40.5 Å². The van der Waals surface area contributed by atoms with Crippen molar-refractivity contribution in [1.82, 2.24) is 9.88 Å². The van der Waals surface area contributed by atoms with Crippen molar-refractivity contribution in [2.75, 3.05) is 25.0 Å². The van der Waals surface area contributed by atoms with Crippen LogP contribution in [-0.4, -0.2) is 35.4 Å². The molecule has 0 bridgehead atoms. The van der Waals surface area contributed by atoms with Crippen molar-refractivity contribution in [2.45, 2.75) is 31.9 Å². The van der Waals surface area contributed by atoms with Gasteiger partial charge in [0.05, 0.1) is 11.3 Å². The van der Waals surface area contributed by atoms with Crippen LogP contribution in [0, 0.1) is 5.92 Å². The van der Waals surface area contributed by atoms with E-state index in [9.17, 15) is 18.0 Å². The van der Waals surface area contributed by atoms with E-state index in [0.717, 1.165) is 43.4 Å². The summed E-state index contributed by atoms with van der Waals surface area (Å²) in [6.07, 6.45) is -0.460. The quantitative estimate of drug-likeness (QED) is 0.879. The van der Waals surface area contributed by atoms with Gasteiger partial charge in [0.2, 0.25) is 0 Å². The number of halogens is 3. The van der Waals surface area contributed by atoms with E-state index in [2.05, 4.69) is 15.2 Å². The summed E-state index contributed by atoms with van der Waals surface area (Å²) in [5, 5.41) is 2.43. The van der Waals surface area contributed by atoms with Crippen molar-refractivity contribution in [3.8, 4) is 0 Å². The number of hydrogen-bond donors (Lipinski definition) is 1. The maximum Gasteiger partial charge on any atom is 0.416 e. The molecule has 144 valence electrons. The van der Waals surface area contributed by atoms with E-state index in [1.165, 1.54) is 25.0 Å². The van der Waals surface area contributed by atoms with Crippen LogP contribution in [-0.2, 0) is 19.0 Å². The highest BCUT2D eigenvalue weighted by Crippen LogP contribution is 2.31. The van der Waals surface area contributed by atoms with Crippen LogP contribution in [0.2, 0.25) is 0 Å². The van der Waals surface area contributed by atoms with E-state index in [0.29, 0.717) is 18.6 Å². The zero-order valence-corrected chi connectivity index (χ0v) is 14.7. The first kappa shape index (κ1) is 18.0. The van der Waals surface area contributed by atoms with Crippen LogP contribution in [0.4, 0.5) is 18.9 Å². The monoisotopic (exact) mass is 379 g/mol. The smallest absolute Gasteiger partial charge is 0.416 e. The molecule has 27 heavy (non-hydrogen) atoms. The topological polar surface area (TPSA) is 58.4 Å². The predicted octanol–water partition coefficient (Wildman–Crippen LogP) is 3.76. The minimum atomic E-state index is -4.46. The Morgan fingerprint density at radius 2 is 2.04 bits per heavy atom. The summed E-state index contributed by atoms with van der Waals surface area (Å²) < 4.78 is 44.0. The SMILES string of the molecule is O=C(Nc1cccc(C(F)(F)F)c1)c1nc2c(o1)CCN(CC1CC1)CC2. The Hall–Kier alpha value is -2.35. The number of fused-ring (bicyclic) bond motifs is 1. The van der Waals surface area contributed by atoms with E-state index in [4.69, 9.17) is 4.42 Å². The van der Waals surface area contributed by atoms with E-state index in [-0.39, 0.29) is 11.6 Å². The first-order chi connectivity index (χ1) is 12.9. The molecular formula is C19H20F3N3O2. The lowest BCUT2D eigenvalue weighted by molar-refractivity contribution is -0.137. The minimum Gasteiger partial charge on any atom is -0.437 e. The molecule has 0 saturated heterocycles. The summed E-state index contributed by atoms with van der Waals surface area (Å²) in [6, 6.07) is 4.49. The zero-order valence-electron chi connectivity index (χ0n) is 14.7. The van der Waals surface area contributed by atoms with Crippen molar-refractivity contribution in [3.63, 3.8) is 0 Å². The summed E-state index contributed by atoms with van der Waals surface area (Å²) in [5.74, 6) is 0.768. The molecule has 2 aliphatic rings. The third-order valence-electron chi connectivity index (χ3n) is 4.95. The van der Waals surface area contributed by atoms with Crippen LogP contribution in [0.3, 0.4) is 0 Å². The lowest BCUT2D eigenvalue weighted by atomic mass is 10.2. The van der Waals surface area contributed by atoms with Crippen molar-refractivity contribution in [1.29, 1.82) is 0 Å². The molecule has 0 atom stereocenters. The van der Waals surface area contributed by atoms with Gasteiger partial charge in [-0.25, -0.2) is 4.98 Å². The van der Waals surface area contributed by atoms with Crippen molar-refractivity contribution in [2.24, 2.45) is 5.92 Å². The largest absolute Gasteiger partial charge is 0.437 e. The van der Waals surface area contributed by atoms with Gasteiger partial charge in [-0.05, 0) is 37.0 Å². The fourth-order valence-corrected chi connectivity index (χ4v) is 3.31. The predicted molar refractivity (Wildman–Crippen MR) is 92.5 cm³/mol. The second-order valence-electron chi connectivity index (χ2n) is 7.17. The lowest BCUT2D eigenvalue weighted by Gasteiger charge is -2.18. The average molecular weight is 379 g/mol. The standard InChI is InChI=1S/C19H20F3N3O2/c20-19(21,22)13-2-1-3-14(10-13)23-17(26)18-24-15-6-8-25(11-12-4-5-12)9-7-16(15)27-18/h1-3,10,12H,4-9,11H2,(H,23,26). The van der Waals surface area contributed by atoms with Gasteiger partial charge < -0.3 is 14.6 Å². The molecule has 1 aromatic carbocycles. The van der Waals surface area contributed by atoms with Gasteiger partial charge in [-0.3, -0.25) is 4.79 Å². The molecule has 1 saturated carbocycles. The molecule has 4 rings (SSSR count). The first-order valence-electron chi connectivity index (χ1n) is 9.08. The number of alkyl halides is 3. The van der Waals surface area contributed by atoms with E-state index in [1.54, 1.807) is 0 Å². The number of nitrogens with one attached hydrogen (secondary N) is 1. The number of carbonyl (C=O) groups is 1.